The maximum atomic E-state index is 12.1. The molecule has 1 atom stereocenters. The van der Waals surface area contributed by atoms with Crippen LogP contribution < -0.4 is 15.6 Å². The van der Waals surface area contributed by atoms with E-state index in [1.54, 1.807) is 19.1 Å². The number of benzene rings is 1. The van der Waals surface area contributed by atoms with Crippen molar-refractivity contribution in [2.24, 2.45) is 0 Å². The molecule has 1 aliphatic carbocycles. The minimum absolute atomic E-state index is 0.293. The number of thiophene rings is 1. The van der Waals surface area contributed by atoms with Gasteiger partial charge in [-0.2, -0.15) is 0 Å². The van der Waals surface area contributed by atoms with Crippen molar-refractivity contribution in [3.8, 4) is 5.75 Å². The lowest BCUT2D eigenvalue weighted by Gasteiger charge is -2.15. The number of carbonyl (C=O) groups excluding carboxylic acids is 2. The molecule has 1 aromatic heterocycles. The molecule has 126 valence electrons. The number of carbonyl (C=O) groups is 2. The number of fused-ring (bicyclic) bond motifs is 1. The normalized spacial score (nSPS) is 13.9. The smallest absolute Gasteiger partial charge is 0.279 e. The van der Waals surface area contributed by atoms with Crippen molar-refractivity contribution in [1.29, 1.82) is 0 Å². The van der Waals surface area contributed by atoms with E-state index in [0.717, 1.165) is 23.7 Å². The molecule has 0 aliphatic heterocycles. The molecule has 0 radical (unpaired) electrons. The summed E-state index contributed by atoms with van der Waals surface area (Å²) >= 11 is 4.83. The molecule has 0 bridgehead atoms. The Bertz CT molecular complexity index is 736. The average molecular weight is 409 g/mol. The minimum atomic E-state index is -0.722. The van der Waals surface area contributed by atoms with Crippen molar-refractivity contribution in [2.75, 3.05) is 0 Å². The Labute approximate surface area is 152 Å². The van der Waals surface area contributed by atoms with Crippen molar-refractivity contribution in [3.63, 3.8) is 0 Å². The van der Waals surface area contributed by atoms with Gasteiger partial charge in [0.05, 0.1) is 4.88 Å². The molecular weight excluding hydrogens is 392 g/mol. The van der Waals surface area contributed by atoms with E-state index >= 15 is 0 Å². The highest BCUT2D eigenvalue weighted by molar-refractivity contribution is 9.10. The van der Waals surface area contributed by atoms with Gasteiger partial charge in [-0.25, -0.2) is 0 Å². The second-order valence-corrected chi connectivity index (χ2v) is 7.62. The van der Waals surface area contributed by atoms with Crippen LogP contribution in [0.5, 0.6) is 5.75 Å². The number of halogens is 1. The fraction of sp³-hybridized carbons (Fsp3) is 0.294. The van der Waals surface area contributed by atoms with Gasteiger partial charge in [0.1, 0.15) is 5.75 Å². The summed E-state index contributed by atoms with van der Waals surface area (Å²) in [4.78, 5) is 26.0. The second kappa shape index (κ2) is 7.36. The van der Waals surface area contributed by atoms with Gasteiger partial charge in [-0.3, -0.25) is 20.4 Å². The standard InChI is InChI=1S/C17H17BrN2O3S/c1-10(23-13-7-5-12(18)6-8-13)16(21)19-20-17(22)15-9-11-3-2-4-14(11)24-15/h5-10H,2-4H2,1H3,(H,19,21)(H,20,22). The fourth-order valence-corrected chi connectivity index (χ4v) is 3.91. The van der Waals surface area contributed by atoms with E-state index in [2.05, 4.69) is 26.8 Å². The van der Waals surface area contributed by atoms with E-state index in [0.29, 0.717) is 10.6 Å². The number of hydrazine groups is 1. The number of aryl methyl sites for hydroxylation is 2. The van der Waals surface area contributed by atoms with Gasteiger partial charge in [0.2, 0.25) is 0 Å². The first-order valence-electron chi connectivity index (χ1n) is 7.67. The number of hydrogen-bond acceptors (Lipinski definition) is 4. The number of hydrogen-bond donors (Lipinski definition) is 2. The molecule has 1 heterocycles. The van der Waals surface area contributed by atoms with Gasteiger partial charge in [0.15, 0.2) is 6.10 Å². The van der Waals surface area contributed by atoms with E-state index in [1.165, 1.54) is 21.8 Å². The van der Waals surface area contributed by atoms with Gasteiger partial charge in [-0.15, -0.1) is 11.3 Å². The summed E-state index contributed by atoms with van der Waals surface area (Å²) in [5.74, 6) is -0.115. The molecule has 24 heavy (non-hydrogen) atoms. The van der Waals surface area contributed by atoms with Crippen LogP contribution in [-0.4, -0.2) is 17.9 Å². The maximum absolute atomic E-state index is 12.1. The molecule has 2 aromatic rings. The van der Waals surface area contributed by atoms with Crippen molar-refractivity contribution in [2.45, 2.75) is 32.3 Å². The molecule has 0 saturated heterocycles. The summed E-state index contributed by atoms with van der Waals surface area (Å²) in [5, 5.41) is 0. The number of ether oxygens (including phenoxy) is 1. The molecule has 1 aliphatic rings. The van der Waals surface area contributed by atoms with Crippen LogP contribution in [0.2, 0.25) is 0 Å². The Hall–Kier alpha value is -1.86. The minimum Gasteiger partial charge on any atom is -0.481 e. The van der Waals surface area contributed by atoms with Crippen LogP contribution in [0.25, 0.3) is 0 Å². The molecular formula is C17H17BrN2O3S. The van der Waals surface area contributed by atoms with E-state index in [1.807, 2.05) is 18.2 Å². The topological polar surface area (TPSA) is 67.4 Å². The predicted octanol–water partition coefficient (Wildman–Crippen LogP) is 3.23. The maximum Gasteiger partial charge on any atom is 0.279 e. The molecule has 2 N–H and O–H groups in total. The third-order valence-electron chi connectivity index (χ3n) is 3.77. The van der Waals surface area contributed by atoms with Crippen LogP contribution in [0.1, 0.15) is 33.5 Å². The summed E-state index contributed by atoms with van der Waals surface area (Å²) in [6.45, 7) is 1.63. The zero-order valence-electron chi connectivity index (χ0n) is 13.1. The van der Waals surface area contributed by atoms with Crippen LogP contribution in [0.3, 0.4) is 0 Å². The third kappa shape index (κ3) is 3.96. The monoisotopic (exact) mass is 408 g/mol. The Balaban J connectivity index is 1.50. The quantitative estimate of drug-likeness (QED) is 0.763. The van der Waals surface area contributed by atoms with Gasteiger partial charge >= 0.3 is 0 Å². The van der Waals surface area contributed by atoms with Crippen molar-refractivity contribution >= 4 is 39.1 Å². The highest BCUT2D eigenvalue weighted by atomic mass is 79.9. The Kier molecular flexibility index (Phi) is 5.20. The molecule has 7 heteroatoms. The summed E-state index contributed by atoms with van der Waals surface area (Å²) < 4.78 is 6.47. The summed E-state index contributed by atoms with van der Waals surface area (Å²) in [7, 11) is 0. The Morgan fingerprint density at radius 3 is 2.67 bits per heavy atom. The fourth-order valence-electron chi connectivity index (χ4n) is 2.49. The molecule has 0 saturated carbocycles. The van der Waals surface area contributed by atoms with Gasteiger partial charge < -0.3 is 4.74 Å². The number of amides is 2. The lowest BCUT2D eigenvalue weighted by atomic mass is 10.2. The molecule has 0 spiro atoms. The van der Waals surface area contributed by atoms with E-state index in [-0.39, 0.29) is 5.91 Å². The highest BCUT2D eigenvalue weighted by Crippen LogP contribution is 2.30. The first-order chi connectivity index (χ1) is 11.5. The van der Waals surface area contributed by atoms with Crippen molar-refractivity contribution < 1.29 is 14.3 Å². The van der Waals surface area contributed by atoms with Crippen molar-refractivity contribution in [3.05, 3.63) is 50.1 Å². The Morgan fingerprint density at radius 1 is 1.21 bits per heavy atom. The predicted molar refractivity (Wildman–Crippen MR) is 96.2 cm³/mol. The van der Waals surface area contributed by atoms with Crippen LogP contribution in [0.15, 0.2) is 34.8 Å². The largest absolute Gasteiger partial charge is 0.481 e. The van der Waals surface area contributed by atoms with Crippen LogP contribution >= 0.6 is 27.3 Å². The SMILES string of the molecule is CC(Oc1ccc(Br)cc1)C(=O)NNC(=O)c1cc2c(s1)CCC2. The van der Waals surface area contributed by atoms with Gasteiger partial charge in [-0.1, -0.05) is 15.9 Å². The Morgan fingerprint density at radius 2 is 1.96 bits per heavy atom. The van der Waals surface area contributed by atoms with Gasteiger partial charge in [0.25, 0.3) is 11.8 Å². The zero-order chi connectivity index (χ0) is 17.1. The van der Waals surface area contributed by atoms with Crippen LogP contribution in [0.4, 0.5) is 0 Å². The first kappa shape index (κ1) is 17.0. The van der Waals surface area contributed by atoms with Crippen LogP contribution in [0, 0.1) is 0 Å². The summed E-state index contributed by atoms with van der Waals surface area (Å²) in [6.07, 6.45) is 2.51. The van der Waals surface area contributed by atoms with Crippen molar-refractivity contribution in [1.82, 2.24) is 10.9 Å². The molecule has 0 fully saturated rings. The average Bonchev–Trinajstić information content (AvgIpc) is 3.16. The summed E-state index contributed by atoms with van der Waals surface area (Å²) in [5.41, 5.74) is 6.11. The molecule has 5 nitrogen and oxygen atoms in total. The molecule has 1 unspecified atom stereocenters. The lowest BCUT2D eigenvalue weighted by molar-refractivity contribution is -0.128. The van der Waals surface area contributed by atoms with Crippen LogP contribution in [-0.2, 0) is 17.6 Å². The molecule has 1 aromatic carbocycles. The first-order valence-corrected chi connectivity index (χ1v) is 9.28. The van der Waals surface area contributed by atoms with E-state index < -0.39 is 12.0 Å². The zero-order valence-corrected chi connectivity index (χ0v) is 15.5. The third-order valence-corrected chi connectivity index (χ3v) is 5.53. The van der Waals surface area contributed by atoms with Gasteiger partial charge in [0, 0.05) is 9.35 Å². The lowest BCUT2D eigenvalue weighted by Crippen LogP contribution is -2.47. The van der Waals surface area contributed by atoms with E-state index in [9.17, 15) is 9.59 Å². The summed E-state index contributed by atoms with van der Waals surface area (Å²) in [6, 6.07) is 9.10. The van der Waals surface area contributed by atoms with E-state index in [4.69, 9.17) is 4.74 Å². The molecule has 3 rings (SSSR count). The number of nitrogens with one attached hydrogen (secondary N) is 2. The second-order valence-electron chi connectivity index (χ2n) is 5.57. The highest BCUT2D eigenvalue weighted by Gasteiger charge is 2.20. The van der Waals surface area contributed by atoms with Gasteiger partial charge in [-0.05, 0) is 62.1 Å². The number of rotatable bonds is 4. The molecule has 2 amide bonds.